The number of nitrogens with one attached hydrogen (secondary N) is 1. The van der Waals surface area contributed by atoms with Crippen LogP contribution in [0.2, 0.25) is 0 Å². The van der Waals surface area contributed by atoms with Gasteiger partial charge in [0.15, 0.2) is 5.75 Å². The Morgan fingerprint density at radius 2 is 2.05 bits per heavy atom. The fourth-order valence-corrected chi connectivity index (χ4v) is 5.09. The molecular formula is C15H22BrClN2O2S. The molecule has 0 atom stereocenters. The van der Waals surface area contributed by atoms with Gasteiger partial charge in [0.2, 0.25) is 0 Å². The van der Waals surface area contributed by atoms with Crippen molar-refractivity contribution in [1.82, 2.24) is 10.2 Å². The average Bonchev–Trinajstić information content (AvgIpc) is 3.05. The van der Waals surface area contributed by atoms with Gasteiger partial charge in [-0.05, 0) is 54.1 Å². The molecule has 1 aromatic heterocycles. The van der Waals surface area contributed by atoms with Crippen LogP contribution in [0.25, 0.3) is 0 Å². The highest BCUT2D eigenvalue weighted by molar-refractivity contribution is 9.10. The van der Waals surface area contributed by atoms with Crippen LogP contribution in [0.3, 0.4) is 0 Å². The second-order valence-corrected chi connectivity index (χ2v) is 8.07. The molecule has 1 aromatic rings. The van der Waals surface area contributed by atoms with Crippen molar-refractivity contribution in [2.24, 2.45) is 5.41 Å². The first kappa shape index (κ1) is 18.0. The van der Waals surface area contributed by atoms with Crippen LogP contribution < -0.4 is 10.1 Å². The number of thiophene rings is 1. The average molecular weight is 410 g/mol. The lowest BCUT2D eigenvalue weighted by Crippen LogP contribution is -2.43. The number of carbonyl (C=O) groups is 1. The predicted octanol–water partition coefficient (Wildman–Crippen LogP) is 3.47. The van der Waals surface area contributed by atoms with Crippen molar-refractivity contribution in [2.45, 2.75) is 26.2 Å². The van der Waals surface area contributed by atoms with E-state index in [4.69, 9.17) is 4.74 Å². The van der Waals surface area contributed by atoms with Gasteiger partial charge in [-0.15, -0.1) is 23.7 Å². The number of hydrogen-bond acceptors (Lipinski definition) is 4. The molecule has 1 spiro atoms. The summed E-state index contributed by atoms with van der Waals surface area (Å²) in [4.78, 5) is 16.6. The number of piperidine rings is 1. The normalized spacial score (nSPS) is 20.0. The summed E-state index contributed by atoms with van der Waals surface area (Å²) >= 11 is 5.02. The first-order valence-electron chi connectivity index (χ1n) is 7.39. The Hall–Kier alpha value is -0.300. The molecule has 2 aliphatic heterocycles. The standard InChI is InChI=1S/C15H21BrN2O2S.ClH/c1-10-11(16)12(20-2)13(21-10)14(19)18-7-4-15(5-8-18)3-6-17-9-15;/h17H,3-9H2,1-2H3;1H. The number of amides is 1. The van der Waals surface area contributed by atoms with Crippen LogP contribution in [0.4, 0.5) is 0 Å². The molecule has 1 amide bonds. The molecule has 0 unspecified atom stereocenters. The Balaban J connectivity index is 0.00000176. The summed E-state index contributed by atoms with van der Waals surface area (Å²) in [5.74, 6) is 0.803. The minimum Gasteiger partial charge on any atom is -0.494 e. The summed E-state index contributed by atoms with van der Waals surface area (Å²) in [7, 11) is 1.62. The molecule has 22 heavy (non-hydrogen) atoms. The van der Waals surface area contributed by atoms with Crippen LogP contribution in [0.5, 0.6) is 5.75 Å². The molecule has 1 N–H and O–H groups in total. The summed E-state index contributed by atoms with van der Waals surface area (Å²) in [6, 6.07) is 0. The molecule has 2 saturated heterocycles. The molecule has 0 aromatic carbocycles. The maximum atomic E-state index is 12.8. The van der Waals surface area contributed by atoms with Crippen molar-refractivity contribution in [3.8, 4) is 5.75 Å². The summed E-state index contributed by atoms with van der Waals surface area (Å²) in [6.07, 6.45) is 3.47. The number of methoxy groups -OCH3 is 1. The topological polar surface area (TPSA) is 41.6 Å². The van der Waals surface area contributed by atoms with Crippen molar-refractivity contribution < 1.29 is 9.53 Å². The van der Waals surface area contributed by atoms with Gasteiger partial charge in [-0.1, -0.05) is 0 Å². The first-order valence-corrected chi connectivity index (χ1v) is 9.00. The number of rotatable bonds is 2. The van der Waals surface area contributed by atoms with E-state index in [2.05, 4.69) is 21.2 Å². The van der Waals surface area contributed by atoms with Crippen LogP contribution in [-0.4, -0.2) is 44.1 Å². The van der Waals surface area contributed by atoms with Crippen LogP contribution in [0, 0.1) is 12.3 Å². The Morgan fingerprint density at radius 1 is 1.36 bits per heavy atom. The number of halogens is 2. The molecule has 0 aliphatic carbocycles. The summed E-state index contributed by atoms with van der Waals surface area (Å²) in [5.41, 5.74) is 0.437. The van der Waals surface area contributed by atoms with E-state index >= 15 is 0 Å². The zero-order valence-electron chi connectivity index (χ0n) is 12.9. The number of ether oxygens (including phenoxy) is 1. The zero-order valence-corrected chi connectivity index (χ0v) is 16.1. The lowest BCUT2D eigenvalue weighted by molar-refractivity contribution is 0.0609. The Bertz CT molecular complexity index is 548. The van der Waals surface area contributed by atoms with E-state index in [0.29, 0.717) is 11.2 Å². The number of hydrogen-bond donors (Lipinski definition) is 1. The molecule has 0 radical (unpaired) electrons. The van der Waals surface area contributed by atoms with Crippen molar-refractivity contribution >= 4 is 45.6 Å². The molecule has 124 valence electrons. The van der Waals surface area contributed by atoms with Crippen molar-refractivity contribution in [3.63, 3.8) is 0 Å². The van der Waals surface area contributed by atoms with Gasteiger partial charge in [0.25, 0.3) is 5.91 Å². The highest BCUT2D eigenvalue weighted by atomic mass is 79.9. The quantitative estimate of drug-likeness (QED) is 0.813. The number of likely N-dealkylation sites (tertiary alicyclic amines) is 1. The fourth-order valence-electron chi connectivity index (χ4n) is 3.38. The largest absolute Gasteiger partial charge is 0.494 e. The van der Waals surface area contributed by atoms with Crippen molar-refractivity contribution in [2.75, 3.05) is 33.3 Å². The lowest BCUT2D eigenvalue weighted by atomic mass is 9.78. The van der Waals surface area contributed by atoms with Gasteiger partial charge in [0.1, 0.15) is 4.88 Å². The van der Waals surface area contributed by atoms with Gasteiger partial charge in [-0.3, -0.25) is 4.79 Å². The third kappa shape index (κ3) is 3.16. The van der Waals surface area contributed by atoms with Crippen molar-refractivity contribution in [1.29, 1.82) is 0 Å². The molecule has 3 heterocycles. The lowest BCUT2D eigenvalue weighted by Gasteiger charge is -2.38. The van der Waals surface area contributed by atoms with Gasteiger partial charge in [0, 0.05) is 24.5 Å². The van der Waals surface area contributed by atoms with E-state index in [1.165, 1.54) is 17.8 Å². The van der Waals surface area contributed by atoms with E-state index in [0.717, 1.165) is 53.2 Å². The monoisotopic (exact) mass is 408 g/mol. The second kappa shape index (κ2) is 7.07. The molecule has 4 nitrogen and oxygen atoms in total. The highest BCUT2D eigenvalue weighted by Crippen LogP contribution is 2.41. The number of carbonyl (C=O) groups excluding carboxylic acids is 1. The Kier molecular flexibility index (Phi) is 5.80. The van der Waals surface area contributed by atoms with Crippen molar-refractivity contribution in [3.05, 3.63) is 14.2 Å². The van der Waals surface area contributed by atoms with Gasteiger partial charge >= 0.3 is 0 Å². The van der Waals surface area contributed by atoms with Gasteiger partial charge < -0.3 is 15.0 Å². The van der Waals surface area contributed by atoms with E-state index in [1.54, 1.807) is 7.11 Å². The minimum atomic E-state index is 0. The van der Waals surface area contributed by atoms with Crippen LogP contribution in [0.1, 0.15) is 33.8 Å². The zero-order chi connectivity index (χ0) is 15.0. The highest BCUT2D eigenvalue weighted by Gasteiger charge is 2.39. The van der Waals surface area contributed by atoms with Gasteiger partial charge in [-0.2, -0.15) is 0 Å². The third-order valence-electron chi connectivity index (χ3n) is 4.81. The summed E-state index contributed by atoms with van der Waals surface area (Å²) in [5, 5.41) is 3.46. The fraction of sp³-hybridized carbons (Fsp3) is 0.667. The second-order valence-electron chi connectivity index (χ2n) is 6.05. The van der Waals surface area contributed by atoms with Crippen LogP contribution in [0.15, 0.2) is 4.47 Å². The van der Waals surface area contributed by atoms with Gasteiger partial charge in [-0.25, -0.2) is 0 Å². The van der Waals surface area contributed by atoms with E-state index in [-0.39, 0.29) is 18.3 Å². The maximum Gasteiger partial charge on any atom is 0.267 e. The third-order valence-corrected chi connectivity index (χ3v) is 7.10. The molecule has 0 bridgehead atoms. The van der Waals surface area contributed by atoms with E-state index < -0.39 is 0 Å². The number of aryl methyl sites for hydroxylation is 1. The van der Waals surface area contributed by atoms with Crippen LogP contribution >= 0.6 is 39.7 Å². The first-order chi connectivity index (χ1) is 10.1. The molecule has 2 aliphatic rings. The molecule has 0 saturated carbocycles. The Labute approximate surface area is 150 Å². The Morgan fingerprint density at radius 3 is 2.59 bits per heavy atom. The summed E-state index contributed by atoms with van der Waals surface area (Å²) < 4.78 is 6.32. The molecule has 2 fully saturated rings. The minimum absolute atomic E-state index is 0. The maximum absolute atomic E-state index is 12.8. The summed E-state index contributed by atoms with van der Waals surface area (Å²) in [6.45, 7) is 5.96. The van der Waals surface area contributed by atoms with Gasteiger partial charge in [0.05, 0.1) is 11.6 Å². The molecule has 3 rings (SSSR count). The SMILES string of the molecule is COc1c(C(=O)N2CCC3(CCNC3)CC2)sc(C)c1Br.Cl. The molecular weight excluding hydrogens is 388 g/mol. The van der Waals surface area contributed by atoms with Crippen LogP contribution in [-0.2, 0) is 0 Å². The van der Waals surface area contributed by atoms with E-state index in [1.807, 2.05) is 11.8 Å². The predicted molar refractivity (Wildman–Crippen MR) is 95.6 cm³/mol. The molecule has 7 heteroatoms. The smallest absolute Gasteiger partial charge is 0.267 e. The van der Waals surface area contributed by atoms with E-state index in [9.17, 15) is 4.79 Å². The number of nitrogens with zero attached hydrogens (tertiary/aromatic N) is 1.